The Hall–Kier alpha value is -2.38. The van der Waals surface area contributed by atoms with Crippen LogP contribution >= 0.6 is 0 Å². The molecule has 0 fully saturated rings. The SMILES string of the molecule is COC(=O)c1ccc(C)c(S(=O)(=O)NCc2ccc(OC(C)C)cc2)c1. The van der Waals surface area contributed by atoms with Crippen LogP contribution in [0.1, 0.15) is 35.3 Å². The van der Waals surface area contributed by atoms with Crippen molar-refractivity contribution >= 4 is 16.0 Å². The number of sulfonamides is 1. The van der Waals surface area contributed by atoms with Crippen LogP contribution in [0.4, 0.5) is 0 Å². The lowest BCUT2D eigenvalue weighted by atomic mass is 10.1. The van der Waals surface area contributed by atoms with Crippen molar-refractivity contribution in [3.05, 3.63) is 59.2 Å². The predicted molar refractivity (Wildman–Crippen MR) is 98.8 cm³/mol. The number of methoxy groups -OCH3 is 1. The average Bonchev–Trinajstić information content (AvgIpc) is 2.60. The fourth-order valence-electron chi connectivity index (χ4n) is 2.35. The standard InChI is InChI=1S/C19H23NO5S/c1-13(2)25-17-9-6-15(7-10-17)12-20-26(22,23)18-11-16(19(21)24-4)8-5-14(18)3/h5-11,13,20H,12H2,1-4H3. The maximum absolute atomic E-state index is 12.6. The molecule has 140 valence electrons. The van der Waals surface area contributed by atoms with Crippen LogP contribution < -0.4 is 9.46 Å². The maximum atomic E-state index is 12.6. The van der Waals surface area contributed by atoms with Gasteiger partial charge in [-0.25, -0.2) is 17.9 Å². The smallest absolute Gasteiger partial charge is 0.337 e. The van der Waals surface area contributed by atoms with E-state index in [1.807, 2.05) is 13.8 Å². The minimum absolute atomic E-state index is 0.0557. The van der Waals surface area contributed by atoms with Gasteiger partial charge in [-0.15, -0.1) is 0 Å². The second-order valence-electron chi connectivity index (χ2n) is 6.11. The predicted octanol–water partition coefficient (Wildman–Crippen LogP) is 3.05. The summed E-state index contributed by atoms with van der Waals surface area (Å²) in [7, 11) is -2.52. The second kappa shape index (κ2) is 8.33. The number of hydrogen-bond acceptors (Lipinski definition) is 5. The van der Waals surface area contributed by atoms with Gasteiger partial charge >= 0.3 is 5.97 Å². The third kappa shape index (κ3) is 5.06. The lowest BCUT2D eigenvalue weighted by Gasteiger charge is -2.12. The van der Waals surface area contributed by atoms with Gasteiger partial charge in [0, 0.05) is 6.54 Å². The highest BCUT2D eigenvalue weighted by atomic mass is 32.2. The average molecular weight is 377 g/mol. The molecule has 0 aliphatic rings. The molecule has 1 N–H and O–H groups in total. The molecular formula is C19H23NO5S. The first kappa shape index (κ1) is 19.9. The maximum Gasteiger partial charge on any atom is 0.337 e. The Balaban J connectivity index is 2.15. The second-order valence-corrected chi connectivity index (χ2v) is 7.84. The van der Waals surface area contributed by atoms with Gasteiger partial charge in [-0.1, -0.05) is 18.2 Å². The van der Waals surface area contributed by atoms with Crippen molar-refractivity contribution in [2.45, 2.75) is 38.3 Å². The molecule has 2 aromatic carbocycles. The van der Waals surface area contributed by atoms with Crippen LogP contribution in [0.3, 0.4) is 0 Å². The summed E-state index contributed by atoms with van der Waals surface area (Å²) in [5.41, 5.74) is 1.53. The molecule has 0 unspecified atom stereocenters. The highest BCUT2D eigenvalue weighted by Crippen LogP contribution is 2.19. The molecule has 0 saturated heterocycles. The molecule has 2 aromatic rings. The zero-order chi connectivity index (χ0) is 19.3. The van der Waals surface area contributed by atoms with E-state index in [1.54, 1.807) is 37.3 Å². The molecule has 2 rings (SSSR count). The first-order valence-electron chi connectivity index (χ1n) is 8.17. The lowest BCUT2D eigenvalue weighted by molar-refractivity contribution is 0.0600. The van der Waals surface area contributed by atoms with Crippen molar-refractivity contribution in [2.75, 3.05) is 7.11 Å². The molecule has 0 amide bonds. The van der Waals surface area contributed by atoms with Crippen LogP contribution in [0.5, 0.6) is 5.75 Å². The monoisotopic (exact) mass is 377 g/mol. The number of aryl methyl sites for hydroxylation is 1. The van der Waals surface area contributed by atoms with Crippen LogP contribution in [-0.2, 0) is 21.3 Å². The number of carbonyl (C=O) groups is 1. The van der Waals surface area contributed by atoms with E-state index in [4.69, 9.17) is 4.74 Å². The van der Waals surface area contributed by atoms with Crippen LogP contribution in [0.2, 0.25) is 0 Å². The number of hydrogen-bond donors (Lipinski definition) is 1. The van der Waals surface area contributed by atoms with Gasteiger partial charge in [0.15, 0.2) is 0 Å². The number of esters is 1. The van der Waals surface area contributed by atoms with Gasteiger partial charge in [0.2, 0.25) is 10.0 Å². The van der Waals surface area contributed by atoms with E-state index in [9.17, 15) is 13.2 Å². The van der Waals surface area contributed by atoms with Crippen molar-refractivity contribution in [1.82, 2.24) is 4.72 Å². The molecule has 26 heavy (non-hydrogen) atoms. The van der Waals surface area contributed by atoms with Gasteiger partial charge in [0.1, 0.15) is 5.75 Å². The number of ether oxygens (including phenoxy) is 2. The Kier molecular flexibility index (Phi) is 6.39. The Bertz CT molecular complexity index is 873. The van der Waals surface area contributed by atoms with Gasteiger partial charge in [0.25, 0.3) is 0 Å². The van der Waals surface area contributed by atoms with Gasteiger partial charge in [-0.3, -0.25) is 0 Å². The molecule has 0 bridgehead atoms. The summed E-state index contributed by atoms with van der Waals surface area (Å²) in [5.74, 6) is 0.149. The third-order valence-corrected chi connectivity index (χ3v) is 5.20. The van der Waals surface area contributed by atoms with E-state index in [-0.39, 0.29) is 23.1 Å². The van der Waals surface area contributed by atoms with E-state index in [1.165, 1.54) is 19.2 Å². The zero-order valence-electron chi connectivity index (χ0n) is 15.3. The highest BCUT2D eigenvalue weighted by Gasteiger charge is 2.19. The molecule has 0 radical (unpaired) electrons. The number of rotatable bonds is 7. The first-order valence-corrected chi connectivity index (χ1v) is 9.65. The minimum Gasteiger partial charge on any atom is -0.491 e. The normalized spacial score (nSPS) is 11.4. The van der Waals surface area contributed by atoms with Gasteiger partial charge < -0.3 is 9.47 Å². The molecule has 0 atom stereocenters. The Morgan fingerprint density at radius 2 is 1.77 bits per heavy atom. The largest absolute Gasteiger partial charge is 0.491 e. The molecular weight excluding hydrogens is 354 g/mol. The Labute approximate surface area is 154 Å². The summed E-state index contributed by atoms with van der Waals surface area (Å²) in [6.45, 7) is 5.68. The number of carbonyl (C=O) groups excluding carboxylic acids is 1. The van der Waals surface area contributed by atoms with Crippen molar-refractivity contribution in [2.24, 2.45) is 0 Å². The van der Waals surface area contributed by atoms with E-state index in [0.29, 0.717) is 5.56 Å². The van der Waals surface area contributed by atoms with E-state index in [0.717, 1.165) is 11.3 Å². The molecule has 0 heterocycles. The summed E-state index contributed by atoms with van der Waals surface area (Å²) >= 11 is 0. The van der Waals surface area contributed by atoms with Crippen molar-refractivity contribution in [3.63, 3.8) is 0 Å². The fraction of sp³-hybridized carbons (Fsp3) is 0.316. The summed E-state index contributed by atoms with van der Waals surface area (Å²) in [5, 5.41) is 0. The van der Waals surface area contributed by atoms with Crippen molar-refractivity contribution < 1.29 is 22.7 Å². The van der Waals surface area contributed by atoms with Gasteiger partial charge in [-0.2, -0.15) is 0 Å². The van der Waals surface area contributed by atoms with Crippen molar-refractivity contribution in [1.29, 1.82) is 0 Å². The van der Waals surface area contributed by atoms with Crippen molar-refractivity contribution in [3.8, 4) is 5.75 Å². The molecule has 0 aromatic heterocycles. The topological polar surface area (TPSA) is 81.7 Å². The molecule has 0 aliphatic carbocycles. The third-order valence-electron chi connectivity index (χ3n) is 3.66. The molecule has 6 nitrogen and oxygen atoms in total. The fourth-order valence-corrected chi connectivity index (χ4v) is 3.63. The molecule has 7 heteroatoms. The van der Waals surface area contributed by atoms with Gasteiger partial charge in [0.05, 0.1) is 23.7 Å². The summed E-state index contributed by atoms with van der Waals surface area (Å²) in [6.07, 6.45) is 0.0735. The van der Waals surface area contributed by atoms with Gasteiger partial charge in [-0.05, 0) is 56.2 Å². The molecule has 0 spiro atoms. The van der Waals surface area contributed by atoms with Crippen LogP contribution in [0, 0.1) is 6.92 Å². The number of benzene rings is 2. The number of nitrogens with one attached hydrogen (secondary N) is 1. The summed E-state index contributed by atoms with van der Waals surface area (Å²) in [4.78, 5) is 11.7. The van der Waals surface area contributed by atoms with E-state index >= 15 is 0 Å². The van der Waals surface area contributed by atoms with E-state index < -0.39 is 16.0 Å². The van der Waals surface area contributed by atoms with Crippen LogP contribution in [0.25, 0.3) is 0 Å². The lowest BCUT2D eigenvalue weighted by Crippen LogP contribution is -2.24. The van der Waals surface area contributed by atoms with Crippen LogP contribution in [-0.4, -0.2) is 27.6 Å². The zero-order valence-corrected chi connectivity index (χ0v) is 16.1. The minimum atomic E-state index is -3.77. The molecule has 0 aliphatic heterocycles. The summed E-state index contributed by atoms with van der Waals surface area (Å²) < 4.78 is 38.0. The van der Waals surface area contributed by atoms with Crippen LogP contribution in [0.15, 0.2) is 47.4 Å². The Morgan fingerprint density at radius 3 is 2.35 bits per heavy atom. The quantitative estimate of drug-likeness (QED) is 0.750. The summed E-state index contributed by atoms with van der Waals surface area (Å²) in [6, 6.07) is 11.6. The highest BCUT2D eigenvalue weighted by molar-refractivity contribution is 7.89. The first-order chi connectivity index (χ1) is 12.2. The molecule has 0 saturated carbocycles. The Morgan fingerprint density at radius 1 is 1.12 bits per heavy atom. The van der Waals surface area contributed by atoms with E-state index in [2.05, 4.69) is 9.46 Å².